The van der Waals surface area contributed by atoms with Crippen LogP contribution in [0.5, 0.6) is 11.5 Å². The first-order valence-electron chi connectivity index (χ1n) is 9.77. The number of nitrogens with zero attached hydrogens (tertiary/aromatic N) is 2. The van der Waals surface area contributed by atoms with Crippen LogP contribution < -0.4 is 24.2 Å². The Morgan fingerprint density at radius 2 is 1.88 bits per heavy atom. The molecule has 9 heteroatoms. The van der Waals surface area contributed by atoms with Crippen molar-refractivity contribution in [3.05, 3.63) is 85.8 Å². The normalized spacial score (nSPS) is 12.7. The van der Waals surface area contributed by atoms with Crippen LogP contribution in [0, 0.1) is 18.3 Å². The van der Waals surface area contributed by atoms with Crippen LogP contribution in [0.2, 0.25) is 0 Å². The highest BCUT2D eigenvalue weighted by Crippen LogP contribution is 2.24. The van der Waals surface area contributed by atoms with Crippen LogP contribution in [0.25, 0.3) is 11.0 Å². The molecular formula is C24H22N2O5S2. The third-order valence-electron chi connectivity index (χ3n) is 4.84. The lowest BCUT2D eigenvalue weighted by Crippen LogP contribution is -2.32. The van der Waals surface area contributed by atoms with E-state index >= 15 is 0 Å². The second-order valence-electron chi connectivity index (χ2n) is 6.99. The minimum Gasteiger partial charge on any atom is -0.497 e. The van der Waals surface area contributed by atoms with Crippen LogP contribution >= 0.6 is 11.3 Å². The zero-order chi connectivity index (χ0) is 24.2. The Balaban J connectivity index is 2.38. The van der Waals surface area contributed by atoms with Crippen molar-refractivity contribution in [2.75, 3.05) is 14.2 Å². The molecule has 0 spiro atoms. The molecule has 2 aromatic carbocycles. The average Bonchev–Trinajstić information content (AvgIpc) is 3.09. The molecule has 0 saturated heterocycles. The highest BCUT2D eigenvalue weighted by molar-refractivity contribution is 8.00. The van der Waals surface area contributed by atoms with Gasteiger partial charge in [0, 0.05) is 12.1 Å². The van der Waals surface area contributed by atoms with E-state index in [1.165, 1.54) is 37.0 Å². The Hall–Kier alpha value is -3.61. The number of hydrogen-bond acceptors (Lipinski definition) is 7. The highest BCUT2D eigenvalue weighted by atomic mass is 32.2. The van der Waals surface area contributed by atoms with Crippen molar-refractivity contribution in [2.45, 2.75) is 18.4 Å². The van der Waals surface area contributed by atoms with Gasteiger partial charge in [0.05, 0.1) is 23.6 Å². The van der Waals surface area contributed by atoms with Crippen LogP contribution in [0.1, 0.15) is 11.1 Å². The third kappa shape index (κ3) is 4.77. The second-order valence-corrected chi connectivity index (χ2v) is 9.90. The van der Waals surface area contributed by atoms with E-state index in [1.807, 2.05) is 6.92 Å². The van der Waals surface area contributed by atoms with Gasteiger partial charge in [0.1, 0.15) is 22.2 Å². The fraction of sp³-hybridized carbons (Fsp3) is 0.167. The van der Waals surface area contributed by atoms with E-state index < -0.39 is 20.3 Å². The molecule has 3 rings (SSSR count). The van der Waals surface area contributed by atoms with Gasteiger partial charge >= 0.3 is 0 Å². The standard InChI is InChI=1S/C24H22N2O5S2/c1-5-12-26-23(27)21(14-17-13-18(30-3)8-11-20(17)31-4)32-24(26)22(15-25)33(28,29)19-9-6-16(2)7-10-19/h5-11,13-14H,1,12H2,2-4H3/b21-14+,24-22+. The first-order valence-corrected chi connectivity index (χ1v) is 12.1. The maximum atomic E-state index is 13.3. The summed E-state index contributed by atoms with van der Waals surface area (Å²) in [4.78, 5) is 12.7. The number of benzene rings is 2. The average molecular weight is 483 g/mol. The number of aromatic nitrogens is 1. The number of sulfone groups is 1. The fourth-order valence-corrected chi connectivity index (χ4v) is 5.78. The van der Waals surface area contributed by atoms with E-state index in [9.17, 15) is 18.5 Å². The summed E-state index contributed by atoms with van der Waals surface area (Å²) in [6, 6.07) is 13.1. The number of hydrogen-bond donors (Lipinski definition) is 0. The monoisotopic (exact) mass is 482 g/mol. The summed E-state index contributed by atoms with van der Waals surface area (Å²) >= 11 is 0.923. The Morgan fingerprint density at radius 1 is 1.18 bits per heavy atom. The highest BCUT2D eigenvalue weighted by Gasteiger charge is 2.24. The van der Waals surface area contributed by atoms with Crippen LogP contribution in [0.4, 0.5) is 0 Å². The van der Waals surface area contributed by atoms with E-state index in [0.717, 1.165) is 16.9 Å². The lowest BCUT2D eigenvalue weighted by atomic mass is 10.2. The maximum Gasteiger partial charge on any atom is 0.269 e. The first kappa shape index (κ1) is 24.0. The molecule has 1 aromatic heterocycles. The van der Waals surface area contributed by atoms with E-state index in [0.29, 0.717) is 17.1 Å². The smallest absolute Gasteiger partial charge is 0.269 e. The van der Waals surface area contributed by atoms with Gasteiger partial charge in [-0.3, -0.25) is 9.36 Å². The topological polar surface area (TPSA) is 98.4 Å². The Morgan fingerprint density at radius 3 is 2.45 bits per heavy atom. The van der Waals surface area contributed by atoms with Gasteiger partial charge < -0.3 is 9.47 Å². The molecule has 0 aliphatic carbocycles. The second kappa shape index (κ2) is 9.90. The molecule has 0 radical (unpaired) electrons. The molecule has 0 amide bonds. The van der Waals surface area contributed by atoms with Crippen molar-refractivity contribution >= 4 is 32.2 Å². The molecule has 0 bridgehead atoms. The van der Waals surface area contributed by atoms with Crippen LogP contribution in [-0.2, 0) is 16.4 Å². The quantitative estimate of drug-likeness (QED) is 0.480. The van der Waals surface area contributed by atoms with Gasteiger partial charge in [0.2, 0.25) is 9.84 Å². The van der Waals surface area contributed by atoms with Gasteiger partial charge in [-0.05, 0) is 43.3 Å². The van der Waals surface area contributed by atoms with E-state index in [4.69, 9.17) is 9.47 Å². The number of allylic oxidation sites excluding steroid dienone is 1. The summed E-state index contributed by atoms with van der Waals surface area (Å²) in [7, 11) is -1.12. The molecule has 0 saturated carbocycles. The molecular weight excluding hydrogens is 460 g/mol. The summed E-state index contributed by atoms with van der Waals surface area (Å²) in [6.07, 6.45) is 3.06. The van der Waals surface area contributed by atoms with Crippen molar-refractivity contribution in [2.24, 2.45) is 0 Å². The third-order valence-corrected chi connectivity index (χ3v) is 7.81. The number of ether oxygens (including phenoxy) is 2. The van der Waals surface area contributed by atoms with Gasteiger partial charge in [-0.1, -0.05) is 23.8 Å². The summed E-state index contributed by atoms with van der Waals surface area (Å²) in [5.74, 6) is 1.08. The zero-order valence-electron chi connectivity index (χ0n) is 18.4. The minimum atomic E-state index is -4.15. The van der Waals surface area contributed by atoms with E-state index in [2.05, 4.69) is 6.58 Å². The maximum absolute atomic E-state index is 13.3. The molecule has 0 fully saturated rings. The summed E-state index contributed by atoms with van der Waals surface area (Å²) in [6.45, 7) is 5.53. The van der Waals surface area contributed by atoms with Crippen molar-refractivity contribution in [1.82, 2.24) is 4.57 Å². The lowest BCUT2D eigenvalue weighted by Gasteiger charge is -2.06. The van der Waals surface area contributed by atoms with Gasteiger partial charge in [-0.15, -0.1) is 17.9 Å². The van der Waals surface area contributed by atoms with E-state index in [-0.39, 0.29) is 20.6 Å². The number of rotatable bonds is 7. The molecule has 0 aliphatic rings. The molecule has 0 atom stereocenters. The predicted molar refractivity (Wildman–Crippen MR) is 129 cm³/mol. The number of methoxy groups -OCH3 is 2. The SMILES string of the molecule is C=CCn1c(=O)/c(=C\c2cc(OC)ccc2OC)s/c1=C(\C#N)S(=O)(=O)c1ccc(C)cc1. The Bertz CT molecular complexity index is 1520. The summed E-state index contributed by atoms with van der Waals surface area (Å²) < 4.78 is 38.6. The molecule has 0 N–H and O–H groups in total. The predicted octanol–water partition coefficient (Wildman–Crippen LogP) is 2.36. The molecule has 0 unspecified atom stereocenters. The van der Waals surface area contributed by atoms with Gasteiger partial charge in [0.25, 0.3) is 5.56 Å². The van der Waals surface area contributed by atoms with E-state index in [1.54, 1.807) is 42.5 Å². The van der Waals surface area contributed by atoms with Crippen LogP contribution in [-0.4, -0.2) is 27.2 Å². The number of thiazole rings is 1. The largest absolute Gasteiger partial charge is 0.497 e. The van der Waals surface area contributed by atoms with Crippen LogP contribution in [0.3, 0.4) is 0 Å². The van der Waals surface area contributed by atoms with Crippen molar-refractivity contribution in [3.8, 4) is 17.6 Å². The zero-order valence-corrected chi connectivity index (χ0v) is 20.0. The van der Waals surface area contributed by atoms with Crippen molar-refractivity contribution in [3.63, 3.8) is 0 Å². The number of nitriles is 1. The van der Waals surface area contributed by atoms with Gasteiger partial charge in [0.15, 0.2) is 4.91 Å². The van der Waals surface area contributed by atoms with Crippen molar-refractivity contribution < 1.29 is 17.9 Å². The molecule has 7 nitrogen and oxygen atoms in total. The minimum absolute atomic E-state index is 0.0179. The molecule has 1 heterocycles. The van der Waals surface area contributed by atoms with Gasteiger partial charge in [-0.25, -0.2) is 8.42 Å². The van der Waals surface area contributed by atoms with Gasteiger partial charge in [-0.2, -0.15) is 5.26 Å². The molecule has 0 aliphatic heterocycles. The van der Waals surface area contributed by atoms with Crippen molar-refractivity contribution in [1.29, 1.82) is 5.26 Å². The summed E-state index contributed by atoms with van der Waals surface area (Å²) in [5, 5.41) is 9.82. The Labute approximate surface area is 195 Å². The number of aryl methyl sites for hydroxylation is 1. The summed E-state index contributed by atoms with van der Waals surface area (Å²) in [5.41, 5.74) is 1.02. The Kier molecular flexibility index (Phi) is 7.21. The molecule has 3 aromatic rings. The molecule has 33 heavy (non-hydrogen) atoms. The molecule has 170 valence electrons. The first-order chi connectivity index (χ1) is 15.8. The van der Waals surface area contributed by atoms with Crippen LogP contribution in [0.15, 0.2) is 64.8 Å². The fourth-order valence-electron chi connectivity index (χ4n) is 3.13. The lowest BCUT2D eigenvalue weighted by molar-refractivity contribution is 0.402.